The van der Waals surface area contributed by atoms with Crippen molar-refractivity contribution in [3.05, 3.63) is 282 Å². The number of halogens is 4. The van der Waals surface area contributed by atoms with Crippen LogP contribution in [0.5, 0.6) is 11.5 Å². The minimum atomic E-state index is -0.244. The Hall–Kier alpha value is -9.85. The van der Waals surface area contributed by atoms with Crippen molar-refractivity contribution in [1.29, 1.82) is 0 Å². The number of aliphatic hydroxyl groups excluding tert-OH is 2. The van der Waals surface area contributed by atoms with E-state index in [-0.39, 0.29) is 156 Å². The summed E-state index contributed by atoms with van der Waals surface area (Å²) in [6.07, 6.45) is 17.6. The number of ether oxygens (including phenoxy) is 4. The number of benzene rings is 8. The average Bonchev–Trinajstić information content (AvgIpc) is 1.59. The minimum Gasteiger partial charge on any atom is -0.488 e. The summed E-state index contributed by atoms with van der Waals surface area (Å²) in [6, 6.07) is 59.4. The Morgan fingerprint density at radius 2 is 0.652 bits per heavy atom. The van der Waals surface area contributed by atoms with Gasteiger partial charge < -0.3 is 29.2 Å². The molecule has 132 heavy (non-hydrogen) atoms. The van der Waals surface area contributed by atoms with Crippen LogP contribution in [0.15, 0.2) is 229 Å². The van der Waals surface area contributed by atoms with Crippen LogP contribution in [0.2, 0.25) is 20.1 Å². The van der Waals surface area contributed by atoms with Crippen LogP contribution in [0.4, 0.5) is 0 Å². The normalized spacial score (nSPS) is 24.2. The van der Waals surface area contributed by atoms with Crippen molar-refractivity contribution in [1.82, 2.24) is 40.0 Å². The summed E-state index contributed by atoms with van der Waals surface area (Å²) in [5.74, 6) is 7.43. The van der Waals surface area contributed by atoms with Gasteiger partial charge in [0, 0.05) is 133 Å². The summed E-state index contributed by atoms with van der Waals surface area (Å²) < 4.78 is 27.1. The maximum atomic E-state index is 13.0. The molecule has 8 aromatic carbocycles. The van der Waals surface area contributed by atoms with Gasteiger partial charge in [-0.25, -0.2) is 0 Å². The van der Waals surface area contributed by atoms with Gasteiger partial charge in [-0.05, 0) is 318 Å². The fourth-order valence-electron chi connectivity index (χ4n) is 22.9. The molecule has 8 aliphatic carbocycles. The number of carbonyl (C=O) groups is 6. The number of aromatic nitrogens is 8. The number of ketones is 4. The van der Waals surface area contributed by atoms with Gasteiger partial charge in [-0.1, -0.05) is 94.9 Å². The smallest absolute Gasteiger partial charge is 0.488 e. The van der Waals surface area contributed by atoms with E-state index in [1.165, 1.54) is 12.4 Å². The Morgan fingerprint density at radius 1 is 0.371 bits per heavy atom. The number of nitrogens with zero attached hydrogens (tertiary/aromatic N) is 8. The molecule has 0 bridgehead atoms. The maximum absolute atomic E-state index is 13.0. The summed E-state index contributed by atoms with van der Waals surface area (Å²) in [4.78, 5) is 100. The van der Waals surface area contributed by atoms with Crippen LogP contribution in [0.25, 0.3) is 43.6 Å². The van der Waals surface area contributed by atoms with Crippen molar-refractivity contribution < 1.29 is 76.8 Å². The predicted molar refractivity (Wildman–Crippen MR) is 510 cm³/mol. The molecule has 28 heteroatoms. The predicted octanol–water partition coefficient (Wildman–Crippen LogP) is 15.6. The first kappa shape index (κ1) is 96.7. The van der Waals surface area contributed by atoms with E-state index in [0.29, 0.717) is 176 Å². The number of hydrogen-bond acceptors (Lipinski definition) is 20. The molecule has 2 N–H and O–H groups in total. The molecular weight excluding hydrogens is 1760 g/mol. The molecule has 22 nitrogen and oxygen atoms in total. The molecule has 0 aliphatic heterocycles. The molecule has 20 atom stereocenters. The quantitative estimate of drug-likeness (QED) is 0.0225. The number of Topliss-reactive ketones (excluding diaryl/α,β-unsaturated/α-hetero) is 4. The SMILES string of the molecule is CCOC(=O)CC(CC(=O)c1ccc(Cl)cc1)C1[C@H]2CC(Oc3cnnc4ccccc34)C[C@@H]12.CCOC(=O)CC(CC(=O)c1ccc(Cl)cc1)C1[C@H]2CC(n3ncc(=O)c4ccccc43)C[C@@H]12.O=C(CC(CCO)C1[C@H]2CC(Oc3cnnc4ccccc34)C[C@@H]12)c1ccc(Cl)cc1.O=C(CC(CCO)C1[C@H]2CC(n3ncc(=O)c4ccccc43)C[C@@H]12)c1ccc(Cl)cc1.[AlH4-].[Li+]. The maximum Gasteiger partial charge on any atom is 1.00 e. The molecular formula is C104H108AlCl4LiN8O14. The van der Waals surface area contributed by atoms with Crippen LogP contribution in [0, 0.1) is 94.7 Å². The molecule has 0 spiro atoms. The van der Waals surface area contributed by atoms with Crippen molar-refractivity contribution in [3.63, 3.8) is 0 Å². The van der Waals surface area contributed by atoms with Crippen molar-refractivity contribution in [2.45, 2.75) is 141 Å². The van der Waals surface area contributed by atoms with Crippen molar-refractivity contribution in [2.75, 3.05) is 26.4 Å². The van der Waals surface area contributed by atoms with Gasteiger partial charge in [-0.15, -0.1) is 0 Å². The number of rotatable bonds is 32. The van der Waals surface area contributed by atoms with Gasteiger partial charge in [0.1, 0.15) is 11.5 Å². The van der Waals surface area contributed by atoms with Crippen LogP contribution in [-0.2, 0) is 19.1 Å². The molecule has 8 saturated carbocycles. The second kappa shape index (κ2) is 43.7. The number of carbonyl (C=O) groups excluding carboxylic acids is 6. The van der Waals surface area contributed by atoms with Crippen LogP contribution in [0.1, 0.15) is 170 Å². The number of hydrogen-bond donors (Lipinski definition) is 2. The first-order valence-corrected chi connectivity index (χ1v) is 47.1. The Balaban J connectivity index is 0.000000134. The van der Waals surface area contributed by atoms with E-state index in [0.717, 1.165) is 95.7 Å². The summed E-state index contributed by atoms with van der Waals surface area (Å²) in [5.41, 5.74) is 5.91. The Morgan fingerprint density at radius 3 is 0.962 bits per heavy atom. The molecule has 4 heterocycles. The second-order valence-corrected chi connectivity index (χ2v) is 38.1. The molecule has 4 aromatic heterocycles. The monoisotopic (exact) mass is 1870 g/mol. The van der Waals surface area contributed by atoms with Gasteiger partial charge in [0.05, 0.1) is 84.4 Å². The van der Waals surface area contributed by atoms with Gasteiger partial charge in [-0.3, -0.25) is 47.7 Å². The van der Waals surface area contributed by atoms with Crippen LogP contribution >= 0.6 is 46.4 Å². The molecule has 8 fully saturated rings. The molecule has 12 aromatic rings. The third-order valence-corrected chi connectivity index (χ3v) is 29.7. The van der Waals surface area contributed by atoms with Crippen LogP contribution in [0.3, 0.4) is 0 Å². The molecule has 20 rings (SSSR count). The zero-order valence-electron chi connectivity index (χ0n) is 73.4. The summed E-state index contributed by atoms with van der Waals surface area (Å²) >= 11 is 23.8. The van der Waals surface area contributed by atoms with Crippen LogP contribution < -0.4 is 39.2 Å². The van der Waals surface area contributed by atoms with E-state index < -0.39 is 0 Å². The van der Waals surface area contributed by atoms with Crippen LogP contribution in [-0.4, -0.2) is 141 Å². The zero-order chi connectivity index (χ0) is 90.4. The fraction of sp³-hybridized carbons (Fsp3) is 0.404. The van der Waals surface area contributed by atoms with Crippen molar-refractivity contribution in [2.24, 2.45) is 94.7 Å². The van der Waals surface area contributed by atoms with Gasteiger partial charge in [-0.2, -0.15) is 30.6 Å². The standard InChI is InChI=1S/2C27H27ClN2O4.2C25H25ClN2O3.Al.Li.4H/c1-2-33-26(32)12-17(11-24(31)16-7-9-18(28)10-8-16)27-21-13-19(14-22(21)27)34-25-15-29-30-23-6-4-3-5-20(23)25;1-2-34-26(33)12-17(11-24(31)16-7-9-18(28)10-8-16)27-21-13-19(14-22(21)27)30-23-6-4-3-5-20(23)25(32)15-29-30;26-17-7-5-15(6-8-17)23(30)11-16(9-10-29)25-20-12-18(13-21(20)25)31-24-14-27-28-22-4-2-1-3-19(22)24;26-17-7-5-15(6-8-17)23(30)11-16(9-10-29)25-20-12-18(13-21(20)25)28-22-4-2-1-3-19(22)24(31)14-27-28;;;;;;/h2*3-10,15,17,19,21-22,27H,2,11-14H2,1H3;2*1-8,14,16,18,20-21,25,29H,9-13H2;;;;;;/q;;;;-1;+1;;;;/t2*17?,19?,21-,22+,27?;2*16?,18?,20-,21+,25?;;;;;;. The number of fused-ring (bicyclic) bond motifs is 8. The first-order valence-electron chi connectivity index (χ1n) is 45.5. The Kier molecular flexibility index (Phi) is 32.0. The average molecular weight is 1870 g/mol. The van der Waals surface area contributed by atoms with E-state index in [1.54, 1.807) is 123 Å². The van der Waals surface area contributed by atoms with Crippen molar-refractivity contribution >= 4 is 142 Å². The molecule has 0 radical (unpaired) electrons. The topological polar surface area (TPSA) is 301 Å². The van der Waals surface area contributed by atoms with Gasteiger partial charge in [0.15, 0.2) is 23.1 Å². The van der Waals surface area contributed by atoms with E-state index in [4.69, 9.17) is 65.4 Å². The van der Waals surface area contributed by atoms with Gasteiger partial charge in [0.2, 0.25) is 10.9 Å². The fourth-order valence-corrected chi connectivity index (χ4v) is 23.4. The second-order valence-electron chi connectivity index (χ2n) is 36.3. The molecule has 680 valence electrons. The van der Waals surface area contributed by atoms with Crippen molar-refractivity contribution in [3.8, 4) is 11.5 Å². The largest absolute Gasteiger partial charge is 1.00 e. The first-order chi connectivity index (χ1) is 63.2. The minimum absolute atomic E-state index is 0. The Bertz CT molecular complexity index is 6200. The molecule has 0 saturated heterocycles. The number of aliphatic hydroxyl groups is 2. The third kappa shape index (κ3) is 22.4. The third-order valence-electron chi connectivity index (χ3n) is 28.7. The van der Waals surface area contributed by atoms with Gasteiger partial charge >= 0.3 is 30.8 Å². The summed E-state index contributed by atoms with van der Waals surface area (Å²) in [5, 5.41) is 50.3. The molecule has 12 unspecified atom stereocenters. The summed E-state index contributed by atoms with van der Waals surface area (Å²) in [7, 11) is 0. The van der Waals surface area contributed by atoms with E-state index in [9.17, 15) is 48.6 Å². The molecule has 0 amide bonds. The van der Waals surface area contributed by atoms with Gasteiger partial charge in [0.25, 0.3) is 0 Å². The summed E-state index contributed by atoms with van der Waals surface area (Å²) in [6.45, 7) is 4.49. The van der Waals surface area contributed by atoms with E-state index >= 15 is 0 Å². The zero-order valence-corrected chi connectivity index (χ0v) is 76.4. The Labute approximate surface area is 808 Å². The number of para-hydroxylation sites is 2. The van der Waals surface area contributed by atoms with E-state index in [2.05, 4.69) is 30.6 Å². The molecule has 8 aliphatic rings. The number of esters is 2. The van der Waals surface area contributed by atoms with E-state index in [1.807, 2.05) is 106 Å².